The average Bonchev–Trinajstić information content (AvgIpc) is 2.99. The van der Waals surface area contributed by atoms with E-state index in [0.717, 1.165) is 30.6 Å². The Bertz CT molecular complexity index is 497. The molecule has 1 aliphatic rings. The molecule has 0 N–H and O–H groups in total. The SMILES string of the molecule is O=C(CCCS(=O)(=O)CC1CCCC1)c1cccs1. The highest BCUT2D eigenvalue weighted by molar-refractivity contribution is 7.91. The van der Waals surface area contributed by atoms with Gasteiger partial charge in [-0.1, -0.05) is 18.9 Å². The minimum absolute atomic E-state index is 0.0612. The first-order valence-electron chi connectivity index (χ1n) is 6.84. The first-order chi connectivity index (χ1) is 9.07. The fourth-order valence-corrected chi connectivity index (χ4v) is 5.13. The Morgan fingerprint density at radius 1 is 1.32 bits per heavy atom. The van der Waals surface area contributed by atoms with Gasteiger partial charge >= 0.3 is 0 Å². The smallest absolute Gasteiger partial charge is 0.172 e. The van der Waals surface area contributed by atoms with Crippen LogP contribution < -0.4 is 0 Å². The lowest BCUT2D eigenvalue weighted by atomic mass is 10.1. The number of rotatable bonds is 7. The van der Waals surface area contributed by atoms with Crippen LogP contribution in [0.4, 0.5) is 0 Å². The largest absolute Gasteiger partial charge is 0.293 e. The molecule has 1 heterocycles. The first kappa shape index (κ1) is 14.7. The lowest BCUT2D eigenvalue weighted by molar-refractivity contribution is 0.0986. The van der Waals surface area contributed by atoms with Crippen LogP contribution in [0.2, 0.25) is 0 Å². The summed E-state index contributed by atoms with van der Waals surface area (Å²) in [5.74, 6) is 0.893. The van der Waals surface area contributed by atoms with Gasteiger partial charge in [-0.3, -0.25) is 4.79 Å². The summed E-state index contributed by atoms with van der Waals surface area (Å²) in [5.41, 5.74) is 0. The first-order valence-corrected chi connectivity index (χ1v) is 9.54. The van der Waals surface area contributed by atoms with Crippen molar-refractivity contribution in [1.82, 2.24) is 0 Å². The predicted molar refractivity (Wildman–Crippen MR) is 78.5 cm³/mol. The molecule has 0 aromatic carbocycles. The van der Waals surface area contributed by atoms with E-state index in [1.807, 2.05) is 11.4 Å². The lowest BCUT2D eigenvalue weighted by Crippen LogP contribution is -2.17. The van der Waals surface area contributed by atoms with Gasteiger partial charge in [-0.05, 0) is 36.6 Å². The summed E-state index contributed by atoms with van der Waals surface area (Å²) in [5, 5.41) is 1.87. The third kappa shape index (κ3) is 4.73. The molecule has 19 heavy (non-hydrogen) atoms. The van der Waals surface area contributed by atoms with Crippen molar-refractivity contribution in [3.05, 3.63) is 22.4 Å². The van der Waals surface area contributed by atoms with Crippen molar-refractivity contribution >= 4 is 27.0 Å². The van der Waals surface area contributed by atoms with Gasteiger partial charge in [0.25, 0.3) is 0 Å². The topological polar surface area (TPSA) is 51.2 Å². The maximum absolute atomic E-state index is 11.9. The molecule has 1 aliphatic carbocycles. The van der Waals surface area contributed by atoms with Gasteiger partial charge in [0, 0.05) is 6.42 Å². The minimum Gasteiger partial charge on any atom is -0.293 e. The Kier molecular flexibility index (Phi) is 5.16. The van der Waals surface area contributed by atoms with E-state index in [1.165, 1.54) is 11.3 Å². The summed E-state index contributed by atoms with van der Waals surface area (Å²) in [6, 6.07) is 3.63. The van der Waals surface area contributed by atoms with Crippen LogP contribution in [0.25, 0.3) is 0 Å². The normalized spacial score (nSPS) is 16.8. The number of hydrogen-bond acceptors (Lipinski definition) is 4. The number of sulfone groups is 1. The lowest BCUT2D eigenvalue weighted by Gasteiger charge is -2.09. The van der Waals surface area contributed by atoms with E-state index in [2.05, 4.69) is 0 Å². The van der Waals surface area contributed by atoms with Gasteiger partial charge in [0.1, 0.15) is 0 Å². The Morgan fingerprint density at radius 2 is 2.05 bits per heavy atom. The molecule has 0 spiro atoms. The zero-order valence-corrected chi connectivity index (χ0v) is 12.6. The molecule has 0 amide bonds. The Hall–Kier alpha value is -0.680. The molecule has 106 valence electrons. The van der Waals surface area contributed by atoms with E-state index < -0.39 is 9.84 Å². The van der Waals surface area contributed by atoms with Crippen molar-refractivity contribution in [3.8, 4) is 0 Å². The van der Waals surface area contributed by atoms with Crippen LogP contribution in [0.5, 0.6) is 0 Å². The highest BCUT2D eigenvalue weighted by atomic mass is 32.2. The second kappa shape index (κ2) is 6.66. The third-order valence-corrected chi connectivity index (χ3v) is 6.42. The predicted octanol–water partition coefficient (Wildman–Crippen LogP) is 3.32. The van der Waals surface area contributed by atoms with Crippen molar-refractivity contribution in [2.75, 3.05) is 11.5 Å². The average molecular weight is 300 g/mol. The van der Waals surface area contributed by atoms with Crippen molar-refractivity contribution in [2.45, 2.75) is 38.5 Å². The van der Waals surface area contributed by atoms with Crippen LogP contribution in [0.1, 0.15) is 48.2 Å². The van der Waals surface area contributed by atoms with Gasteiger partial charge in [0.2, 0.25) is 0 Å². The summed E-state index contributed by atoms with van der Waals surface area (Å²) in [4.78, 5) is 12.5. The van der Waals surface area contributed by atoms with Crippen LogP contribution in [-0.2, 0) is 9.84 Å². The molecule has 1 fully saturated rings. The second-order valence-corrected chi connectivity index (χ2v) is 8.45. The maximum atomic E-state index is 11.9. The van der Waals surface area contributed by atoms with Crippen LogP contribution >= 0.6 is 11.3 Å². The van der Waals surface area contributed by atoms with Crippen molar-refractivity contribution in [2.24, 2.45) is 5.92 Å². The fourth-order valence-electron chi connectivity index (χ4n) is 2.63. The van der Waals surface area contributed by atoms with Gasteiger partial charge in [-0.25, -0.2) is 8.42 Å². The molecule has 0 aliphatic heterocycles. The molecule has 1 saturated carbocycles. The van der Waals surface area contributed by atoms with E-state index in [1.54, 1.807) is 6.07 Å². The summed E-state index contributed by atoms with van der Waals surface area (Å²) in [6.45, 7) is 0. The van der Waals surface area contributed by atoms with E-state index in [9.17, 15) is 13.2 Å². The standard InChI is InChI=1S/C14H20O3S2/c15-13(14-8-3-9-18-14)7-4-10-19(16,17)11-12-5-1-2-6-12/h3,8-9,12H,1-2,4-7,10-11H2. The number of Topliss-reactive ketones (excluding diaryl/α,β-unsaturated/α-hetero) is 1. The Labute approximate surface area is 119 Å². The number of ketones is 1. The van der Waals surface area contributed by atoms with E-state index in [0.29, 0.717) is 24.5 Å². The zero-order chi connectivity index (χ0) is 13.7. The van der Waals surface area contributed by atoms with Crippen molar-refractivity contribution in [3.63, 3.8) is 0 Å². The zero-order valence-electron chi connectivity index (χ0n) is 11.0. The Balaban J connectivity index is 1.73. The van der Waals surface area contributed by atoms with Crippen LogP contribution in [0.3, 0.4) is 0 Å². The van der Waals surface area contributed by atoms with E-state index in [-0.39, 0.29) is 11.5 Å². The number of thiophene rings is 1. The highest BCUT2D eigenvalue weighted by Crippen LogP contribution is 2.26. The molecule has 0 saturated heterocycles. The number of carbonyl (C=O) groups is 1. The molecule has 0 unspecified atom stereocenters. The third-order valence-electron chi connectivity index (χ3n) is 3.62. The summed E-state index contributed by atoms with van der Waals surface area (Å²) in [7, 11) is -2.98. The molecular weight excluding hydrogens is 280 g/mol. The fraction of sp³-hybridized carbons (Fsp3) is 0.643. The minimum atomic E-state index is -2.98. The van der Waals surface area contributed by atoms with Crippen LogP contribution in [0.15, 0.2) is 17.5 Å². The molecule has 0 radical (unpaired) electrons. The molecule has 0 bridgehead atoms. The Morgan fingerprint density at radius 3 is 2.68 bits per heavy atom. The summed E-state index contributed by atoms with van der Waals surface area (Å²) >= 11 is 1.42. The van der Waals surface area contributed by atoms with Gasteiger partial charge < -0.3 is 0 Å². The molecule has 0 atom stereocenters. The van der Waals surface area contributed by atoms with Gasteiger partial charge in [0.05, 0.1) is 16.4 Å². The van der Waals surface area contributed by atoms with Crippen LogP contribution in [0, 0.1) is 5.92 Å². The molecule has 3 nitrogen and oxygen atoms in total. The van der Waals surface area contributed by atoms with Gasteiger partial charge in [-0.15, -0.1) is 11.3 Å². The van der Waals surface area contributed by atoms with E-state index in [4.69, 9.17) is 0 Å². The number of hydrogen-bond donors (Lipinski definition) is 0. The number of carbonyl (C=O) groups excluding carboxylic acids is 1. The highest BCUT2D eigenvalue weighted by Gasteiger charge is 2.22. The molecular formula is C14H20O3S2. The molecule has 1 aromatic rings. The van der Waals surface area contributed by atoms with Gasteiger partial charge in [0.15, 0.2) is 15.6 Å². The van der Waals surface area contributed by atoms with E-state index >= 15 is 0 Å². The maximum Gasteiger partial charge on any atom is 0.172 e. The van der Waals surface area contributed by atoms with Crippen LogP contribution in [-0.4, -0.2) is 25.7 Å². The summed E-state index contributed by atoms with van der Waals surface area (Å²) < 4.78 is 23.9. The second-order valence-electron chi connectivity index (χ2n) is 5.27. The summed E-state index contributed by atoms with van der Waals surface area (Å²) in [6.07, 6.45) is 5.21. The van der Waals surface area contributed by atoms with Crippen molar-refractivity contribution in [1.29, 1.82) is 0 Å². The molecule has 2 rings (SSSR count). The van der Waals surface area contributed by atoms with Gasteiger partial charge in [-0.2, -0.15) is 0 Å². The molecule has 5 heteroatoms. The molecule has 1 aromatic heterocycles. The van der Waals surface area contributed by atoms with Crippen molar-refractivity contribution < 1.29 is 13.2 Å². The quantitative estimate of drug-likeness (QED) is 0.726. The monoisotopic (exact) mass is 300 g/mol.